The van der Waals surface area contributed by atoms with Crippen molar-refractivity contribution in [3.8, 4) is 5.75 Å². The van der Waals surface area contributed by atoms with Crippen LogP contribution in [0.1, 0.15) is 13.3 Å². The molecule has 2 N–H and O–H groups in total. The number of hydrogen-bond donors (Lipinski definition) is 1. The van der Waals surface area contributed by atoms with Gasteiger partial charge < -0.3 is 15.2 Å². The maximum atomic E-state index is 11.3. The molecule has 4 nitrogen and oxygen atoms in total. The van der Waals surface area contributed by atoms with E-state index in [-0.39, 0.29) is 5.97 Å². The number of hydrogen-bond acceptors (Lipinski definition) is 5. The third kappa shape index (κ3) is 4.58. The molecule has 0 aliphatic rings. The topological polar surface area (TPSA) is 61.5 Å². The number of benzene rings is 1. The van der Waals surface area contributed by atoms with Crippen LogP contribution in [0.5, 0.6) is 5.75 Å². The van der Waals surface area contributed by atoms with Crippen LogP contribution in [0.2, 0.25) is 0 Å². The maximum Gasteiger partial charge on any atom is 0.322 e. The largest absolute Gasteiger partial charge is 0.496 e. The van der Waals surface area contributed by atoms with Gasteiger partial charge in [-0.1, -0.05) is 12.1 Å². The van der Waals surface area contributed by atoms with Gasteiger partial charge in [-0.05, 0) is 25.5 Å². The first-order chi connectivity index (χ1) is 8.69. The molecule has 0 saturated heterocycles. The molecule has 5 heteroatoms. The first-order valence-corrected chi connectivity index (χ1v) is 6.85. The van der Waals surface area contributed by atoms with Crippen molar-refractivity contribution in [1.29, 1.82) is 0 Å². The van der Waals surface area contributed by atoms with Gasteiger partial charge in [0.25, 0.3) is 0 Å². The van der Waals surface area contributed by atoms with Gasteiger partial charge in [0, 0.05) is 10.6 Å². The molecule has 0 spiro atoms. The molecule has 0 bridgehead atoms. The zero-order chi connectivity index (χ0) is 13.4. The van der Waals surface area contributed by atoms with Crippen LogP contribution < -0.4 is 10.5 Å². The quantitative estimate of drug-likeness (QED) is 0.606. The van der Waals surface area contributed by atoms with Crippen LogP contribution in [0.4, 0.5) is 0 Å². The van der Waals surface area contributed by atoms with Crippen molar-refractivity contribution < 1.29 is 14.3 Å². The first-order valence-electron chi connectivity index (χ1n) is 5.87. The summed E-state index contributed by atoms with van der Waals surface area (Å²) in [5, 5.41) is 0. The summed E-state index contributed by atoms with van der Waals surface area (Å²) in [6.45, 7) is 2.14. The number of esters is 1. The number of para-hydroxylation sites is 1. The number of ether oxygens (including phenoxy) is 2. The van der Waals surface area contributed by atoms with Gasteiger partial charge in [0.15, 0.2) is 0 Å². The Morgan fingerprint density at radius 1 is 1.44 bits per heavy atom. The smallest absolute Gasteiger partial charge is 0.322 e. The molecule has 18 heavy (non-hydrogen) atoms. The van der Waals surface area contributed by atoms with E-state index in [9.17, 15) is 4.79 Å². The van der Waals surface area contributed by atoms with Crippen molar-refractivity contribution in [2.75, 3.05) is 19.5 Å². The summed E-state index contributed by atoms with van der Waals surface area (Å²) in [5.41, 5.74) is 5.72. The zero-order valence-corrected chi connectivity index (χ0v) is 11.5. The van der Waals surface area contributed by atoms with Crippen LogP contribution in [-0.2, 0) is 9.53 Å². The van der Waals surface area contributed by atoms with E-state index >= 15 is 0 Å². The van der Waals surface area contributed by atoms with Crippen molar-refractivity contribution in [2.45, 2.75) is 24.3 Å². The van der Waals surface area contributed by atoms with Gasteiger partial charge in [-0.3, -0.25) is 4.79 Å². The third-order valence-corrected chi connectivity index (χ3v) is 3.43. The van der Waals surface area contributed by atoms with Crippen LogP contribution >= 0.6 is 11.8 Å². The zero-order valence-electron chi connectivity index (χ0n) is 10.7. The van der Waals surface area contributed by atoms with E-state index in [1.54, 1.807) is 25.8 Å². The van der Waals surface area contributed by atoms with E-state index in [0.717, 1.165) is 16.4 Å². The maximum absolute atomic E-state index is 11.3. The van der Waals surface area contributed by atoms with Crippen molar-refractivity contribution >= 4 is 17.7 Å². The van der Waals surface area contributed by atoms with Gasteiger partial charge in [-0.15, -0.1) is 11.8 Å². The van der Waals surface area contributed by atoms with Gasteiger partial charge in [0.05, 0.1) is 13.7 Å². The van der Waals surface area contributed by atoms with Crippen LogP contribution in [0, 0.1) is 0 Å². The Morgan fingerprint density at radius 3 is 2.83 bits per heavy atom. The molecule has 1 aromatic carbocycles. The second-order valence-corrected chi connectivity index (χ2v) is 4.78. The molecular weight excluding hydrogens is 250 g/mol. The fourth-order valence-electron chi connectivity index (χ4n) is 1.40. The fourth-order valence-corrected chi connectivity index (χ4v) is 2.46. The number of rotatable bonds is 7. The summed E-state index contributed by atoms with van der Waals surface area (Å²) in [7, 11) is 1.64. The Kier molecular flexibility index (Phi) is 6.60. The highest BCUT2D eigenvalue weighted by Gasteiger charge is 2.14. The Labute approximate surface area is 112 Å². The van der Waals surface area contributed by atoms with E-state index in [4.69, 9.17) is 15.2 Å². The summed E-state index contributed by atoms with van der Waals surface area (Å²) in [6, 6.07) is 7.23. The fraction of sp³-hybridized carbons (Fsp3) is 0.462. The average Bonchev–Trinajstić information content (AvgIpc) is 2.39. The van der Waals surface area contributed by atoms with E-state index in [1.807, 2.05) is 24.3 Å². The molecule has 1 atom stereocenters. The molecule has 0 aliphatic carbocycles. The number of carbonyl (C=O) groups is 1. The highest BCUT2D eigenvalue weighted by molar-refractivity contribution is 7.99. The highest BCUT2D eigenvalue weighted by Crippen LogP contribution is 2.29. The van der Waals surface area contributed by atoms with Gasteiger partial charge in [0.2, 0.25) is 0 Å². The number of nitrogens with two attached hydrogens (primary N) is 1. The monoisotopic (exact) mass is 269 g/mol. The SMILES string of the molecule is CCOC(=O)C(N)CCSc1ccccc1OC. The van der Waals surface area contributed by atoms with E-state index < -0.39 is 6.04 Å². The third-order valence-electron chi connectivity index (χ3n) is 2.34. The Morgan fingerprint density at radius 2 is 2.17 bits per heavy atom. The predicted molar refractivity (Wildman–Crippen MR) is 72.9 cm³/mol. The lowest BCUT2D eigenvalue weighted by molar-refractivity contribution is -0.144. The Hall–Kier alpha value is -1.20. The van der Waals surface area contributed by atoms with Gasteiger partial charge in [-0.25, -0.2) is 0 Å². The summed E-state index contributed by atoms with van der Waals surface area (Å²) in [5.74, 6) is 1.26. The summed E-state index contributed by atoms with van der Waals surface area (Å²) >= 11 is 1.62. The number of carbonyl (C=O) groups excluding carboxylic acids is 1. The summed E-state index contributed by atoms with van der Waals surface area (Å²) < 4.78 is 10.1. The standard InChI is InChI=1S/C13H19NO3S/c1-3-17-13(15)10(14)8-9-18-12-7-5-4-6-11(12)16-2/h4-7,10H,3,8-9,14H2,1-2H3. The van der Waals surface area contributed by atoms with Crippen LogP contribution in [-0.4, -0.2) is 31.5 Å². The lowest BCUT2D eigenvalue weighted by Crippen LogP contribution is -2.32. The minimum atomic E-state index is -0.549. The molecule has 0 amide bonds. The molecule has 0 heterocycles. The molecule has 0 fully saturated rings. The second-order valence-electron chi connectivity index (χ2n) is 3.65. The lowest BCUT2D eigenvalue weighted by Gasteiger charge is -2.11. The van der Waals surface area contributed by atoms with Gasteiger partial charge in [-0.2, -0.15) is 0 Å². The highest BCUT2D eigenvalue weighted by atomic mass is 32.2. The second kappa shape index (κ2) is 8.00. The number of methoxy groups -OCH3 is 1. The molecule has 100 valence electrons. The first kappa shape index (κ1) is 14.9. The van der Waals surface area contributed by atoms with Crippen LogP contribution in [0.25, 0.3) is 0 Å². The van der Waals surface area contributed by atoms with Crippen LogP contribution in [0.15, 0.2) is 29.2 Å². The summed E-state index contributed by atoms with van der Waals surface area (Å²) in [6.07, 6.45) is 0.585. The Bertz CT molecular complexity index is 384. The molecule has 1 aromatic rings. The van der Waals surface area contributed by atoms with Crippen molar-refractivity contribution in [3.05, 3.63) is 24.3 Å². The molecule has 0 aromatic heterocycles. The molecule has 1 rings (SSSR count). The number of thioether (sulfide) groups is 1. The predicted octanol–water partition coefficient (Wildman–Crippen LogP) is 2.07. The van der Waals surface area contributed by atoms with Gasteiger partial charge in [0.1, 0.15) is 11.8 Å². The lowest BCUT2D eigenvalue weighted by atomic mass is 10.2. The van der Waals surface area contributed by atoms with Crippen molar-refractivity contribution in [2.24, 2.45) is 5.73 Å². The molecule has 0 saturated carbocycles. The molecule has 1 unspecified atom stereocenters. The molecule has 0 radical (unpaired) electrons. The van der Waals surface area contributed by atoms with E-state index in [0.29, 0.717) is 13.0 Å². The van der Waals surface area contributed by atoms with Gasteiger partial charge >= 0.3 is 5.97 Å². The van der Waals surface area contributed by atoms with E-state index in [1.165, 1.54) is 0 Å². The van der Waals surface area contributed by atoms with Crippen molar-refractivity contribution in [1.82, 2.24) is 0 Å². The van der Waals surface area contributed by atoms with Crippen LogP contribution in [0.3, 0.4) is 0 Å². The molecule has 0 aliphatic heterocycles. The minimum absolute atomic E-state index is 0.335. The molecular formula is C13H19NO3S. The average molecular weight is 269 g/mol. The van der Waals surface area contributed by atoms with E-state index in [2.05, 4.69) is 0 Å². The minimum Gasteiger partial charge on any atom is -0.496 e. The summed E-state index contributed by atoms with van der Waals surface area (Å²) in [4.78, 5) is 12.4. The Balaban J connectivity index is 2.39. The van der Waals surface area contributed by atoms with Crippen molar-refractivity contribution in [3.63, 3.8) is 0 Å². The normalized spacial score (nSPS) is 11.9.